The van der Waals surface area contributed by atoms with Gasteiger partial charge < -0.3 is 21.1 Å². The Hall–Kier alpha value is -4.20. The van der Waals surface area contributed by atoms with Gasteiger partial charge in [0.1, 0.15) is 11.6 Å². The Morgan fingerprint density at radius 3 is 2.26 bits per heavy atom. The summed E-state index contributed by atoms with van der Waals surface area (Å²) >= 11 is 0. The molecular formula is C23H20FN3O4. The predicted octanol–water partition coefficient (Wildman–Crippen LogP) is 3.12. The molecule has 0 aliphatic carbocycles. The first-order chi connectivity index (χ1) is 14.9. The first-order valence-electron chi connectivity index (χ1n) is 9.37. The summed E-state index contributed by atoms with van der Waals surface area (Å²) in [6.45, 7) is -0.402. The number of carbonyl (C=O) groups excluding carboxylic acids is 3. The van der Waals surface area contributed by atoms with Gasteiger partial charge >= 0.3 is 0 Å². The number of amides is 3. The zero-order valence-corrected chi connectivity index (χ0v) is 16.4. The molecule has 0 aliphatic heterocycles. The van der Waals surface area contributed by atoms with Crippen molar-refractivity contribution in [1.82, 2.24) is 0 Å². The van der Waals surface area contributed by atoms with E-state index in [2.05, 4.69) is 10.6 Å². The van der Waals surface area contributed by atoms with Gasteiger partial charge in [-0.2, -0.15) is 0 Å². The Morgan fingerprint density at radius 2 is 1.55 bits per heavy atom. The molecule has 0 saturated carbocycles. The highest BCUT2D eigenvalue weighted by atomic mass is 19.1. The second-order valence-corrected chi connectivity index (χ2v) is 6.61. The highest BCUT2D eigenvalue weighted by molar-refractivity contribution is 6.06. The minimum Gasteiger partial charge on any atom is -0.483 e. The largest absolute Gasteiger partial charge is 0.483 e. The average Bonchev–Trinajstić information content (AvgIpc) is 2.75. The monoisotopic (exact) mass is 421 g/mol. The summed E-state index contributed by atoms with van der Waals surface area (Å²) in [7, 11) is 0. The van der Waals surface area contributed by atoms with Crippen LogP contribution >= 0.6 is 0 Å². The molecule has 0 radical (unpaired) electrons. The quantitative estimate of drug-likeness (QED) is 0.519. The summed E-state index contributed by atoms with van der Waals surface area (Å²) in [5.74, 6) is -1.80. The van der Waals surface area contributed by atoms with Crippen molar-refractivity contribution < 1.29 is 23.5 Å². The molecule has 0 unspecified atom stereocenters. The number of nitrogens with two attached hydrogens (primary N) is 1. The Kier molecular flexibility index (Phi) is 6.95. The average molecular weight is 421 g/mol. The number of ether oxygens (including phenoxy) is 1. The fraction of sp³-hybridized carbons (Fsp3) is 0.0870. The summed E-state index contributed by atoms with van der Waals surface area (Å²) in [6, 6.07) is 18.9. The number of carbonyl (C=O) groups is 3. The van der Waals surface area contributed by atoms with E-state index in [0.717, 1.165) is 5.56 Å². The fourth-order valence-corrected chi connectivity index (χ4v) is 2.78. The first-order valence-corrected chi connectivity index (χ1v) is 9.37. The molecule has 7 nitrogen and oxygen atoms in total. The number of anilines is 2. The van der Waals surface area contributed by atoms with Crippen LogP contribution in [0.3, 0.4) is 0 Å². The van der Waals surface area contributed by atoms with E-state index in [1.807, 2.05) is 0 Å². The summed E-state index contributed by atoms with van der Waals surface area (Å²) in [5, 5.41) is 5.14. The van der Waals surface area contributed by atoms with Crippen LogP contribution in [0.15, 0.2) is 72.8 Å². The minimum atomic E-state index is -0.564. The molecule has 3 aromatic rings. The molecule has 4 N–H and O–H groups in total. The number of primary amides is 1. The smallest absolute Gasteiger partial charge is 0.262 e. The van der Waals surface area contributed by atoms with Crippen LogP contribution in [0.1, 0.15) is 15.9 Å². The molecule has 0 fully saturated rings. The number of nitrogens with one attached hydrogen (secondary N) is 2. The van der Waals surface area contributed by atoms with Crippen LogP contribution in [0.5, 0.6) is 5.75 Å². The van der Waals surface area contributed by atoms with Crippen molar-refractivity contribution in [2.75, 3.05) is 17.2 Å². The lowest BCUT2D eigenvalue weighted by Crippen LogP contribution is -2.22. The molecule has 8 heteroatoms. The van der Waals surface area contributed by atoms with Crippen LogP contribution in [0.4, 0.5) is 15.8 Å². The molecule has 0 aliphatic rings. The lowest BCUT2D eigenvalue weighted by molar-refractivity contribution is -0.118. The first kappa shape index (κ1) is 21.5. The Morgan fingerprint density at radius 1 is 0.871 bits per heavy atom. The predicted molar refractivity (Wildman–Crippen MR) is 114 cm³/mol. The van der Waals surface area contributed by atoms with Crippen molar-refractivity contribution in [3.8, 4) is 5.75 Å². The Bertz CT molecular complexity index is 1100. The molecule has 158 valence electrons. The lowest BCUT2D eigenvalue weighted by Gasteiger charge is -2.12. The molecule has 31 heavy (non-hydrogen) atoms. The van der Waals surface area contributed by atoms with Gasteiger partial charge in [0, 0.05) is 5.69 Å². The maximum atomic E-state index is 13.6. The van der Waals surface area contributed by atoms with Gasteiger partial charge in [-0.1, -0.05) is 36.4 Å². The van der Waals surface area contributed by atoms with E-state index in [0.29, 0.717) is 5.69 Å². The maximum absolute atomic E-state index is 13.6. The SMILES string of the molecule is NC(=O)Cc1ccc(NC(=O)c2ccccc2OCC(=O)Nc2ccccc2F)cc1. The van der Waals surface area contributed by atoms with Crippen LogP contribution < -0.4 is 21.1 Å². The molecule has 0 saturated heterocycles. The highest BCUT2D eigenvalue weighted by Crippen LogP contribution is 2.20. The van der Waals surface area contributed by atoms with Gasteiger partial charge in [0.25, 0.3) is 11.8 Å². The molecule has 3 rings (SSSR count). The second kappa shape index (κ2) is 10.0. The molecule has 0 heterocycles. The number of halogens is 1. The Balaban J connectivity index is 1.63. The van der Waals surface area contributed by atoms with Gasteiger partial charge in [0.2, 0.25) is 5.91 Å². The summed E-state index contributed by atoms with van der Waals surface area (Å²) in [5.41, 5.74) is 6.68. The van der Waals surface area contributed by atoms with E-state index in [9.17, 15) is 18.8 Å². The minimum absolute atomic E-state index is 0.0434. The summed E-state index contributed by atoms with van der Waals surface area (Å²) in [4.78, 5) is 35.7. The van der Waals surface area contributed by atoms with Gasteiger partial charge in [-0.15, -0.1) is 0 Å². The molecule has 0 aromatic heterocycles. The van der Waals surface area contributed by atoms with Crippen molar-refractivity contribution in [3.05, 3.63) is 89.7 Å². The fourth-order valence-electron chi connectivity index (χ4n) is 2.78. The third-order valence-electron chi connectivity index (χ3n) is 4.23. The van der Waals surface area contributed by atoms with Crippen molar-refractivity contribution >= 4 is 29.1 Å². The number of para-hydroxylation sites is 2. The Labute approximate surface area is 178 Å². The van der Waals surface area contributed by atoms with Gasteiger partial charge in [-0.25, -0.2) is 4.39 Å². The van der Waals surface area contributed by atoms with Crippen LogP contribution in [0.25, 0.3) is 0 Å². The molecule has 0 bridgehead atoms. The van der Waals surface area contributed by atoms with Gasteiger partial charge in [0.05, 0.1) is 17.7 Å². The van der Waals surface area contributed by atoms with E-state index in [4.69, 9.17) is 10.5 Å². The van der Waals surface area contributed by atoms with E-state index in [-0.39, 0.29) is 23.4 Å². The van der Waals surface area contributed by atoms with Crippen molar-refractivity contribution in [2.45, 2.75) is 6.42 Å². The zero-order valence-electron chi connectivity index (χ0n) is 16.4. The van der Waals surface area contributed by atoms with Crippen molar-refractivity contribution in [3.63, 3.8) is 0 Å². The summed E-state index contributed by atoms with van der Waals surface area (Å²) < 4.78 is 19.1. The van der Waals surface area contributed by atoms with E-state index in [1.54, 1.807) is 54.6 Å². The molecule has 0 atom stereocenters. The third-order valence-corrected chi connectivity index (χ3v) is 4.23. The highest BCUT2D eigenvalue weighted by Gasteiger charge is 2.14. The van der Waals surface area contributed by atoms with Gasteiger partial charge in [-0.05, 0) is 42.0 Å². The van der Waals surface area contributed by atoms with Gasteiger partial charge in [-0.3, -0.25) is 14.4 Å². The number of hydrogen-bond donors (Lipinski definition) is 3. The number of benzene rings is 3. The lowest BCUT2D eigenvalue weighted by atomic mass is 10.1. The zero-order chi connectivity index (χ0) is 22.2. The third kappa shape index (κ3) is 6.14. The molecular weight excluding hydrogens is 401 g/mol. The van der Waals surface area contributed by atoms with Crippen molar-refractivity contribution in [1.29, 1.82) is 0 Å². The van der Waals surface area contributed by atoms with E-state index >= 15 is 0 Å². The number of hydrogen-bond acceptors (Lipinski definition) is 4. The molecule has 0 spiro atoms. The summed E-state index contributed by atoms with van der Waals surface area (Å²) in [6.07, 6.45) is 0.111. The standard InChI is InChI=1S/C23H20FN3O4/c24-18-6-2-3-7-19(18)27-22(29)14-31-20-8-4-1-5-17(20)23(30)26-16-11-9-15(10-12-16)13-21(25)28/h1-12H,13-14H2,(H2,25,28)(H,26,30)(H,27,29). The normalized spacial score (nSPS) is 10.2. The van der Waals surface area contributed by atoms with Crippen LogP contribution in [-0.2, 0) is 16.0 Å². The van der Waals surface area contributed by atoms with Crippen molar-refractivity contribution in [2.24, 2.45) is 5.73 Å². The second-order valence-electron chi connectivity index (χ2n) is 6.61. The van der Waals surface area contributed by atoms with E-state index < -0.39 is 30.1 Å². The van der Waals surface area contributed by atoms with Crippen LogP contribution in [0, 0.1) is 5.82 Å². The maximum Gasteiger partial charge on any atom is 0.262 e. The topological polar surface area (TPSA) is 111 Å². The van der Waals surface area contributed by atoms with Crippen LogP contribution in [-0.4, -0.2) is 24.3 Å². The van der Waals surface area contributed by atoms with Gasteiger partial charge in [0.15, 0.2) is 6.61 Å². The number of rotatable bonds is 8. The van der Waals surface area contributed by atoms with Crippen LogP contribution in [0.2, 0.25) is 0 Å². The molecule has 3 aromatic carbocycles. The van der Waals surface area contributed by atoms with E-state index in [1.165, 1.54) is 18.2 Å². The molecule has 3 amide bonds.